The highest BCUT2D eigenvalue weighted by Gasteiger charge is 2.43. The summed E-state index contributed by atoms with van der Waals surface area (Å²) in [5, 5.41) is 10.1. The second-order valence-corrected chi connectivity index (χ2v) is 19.8. The molecule has 62 heavy (non-hydrogen) atoms. The zero-order chi connectivity index (χ0) is 41.8. The third kappa shape index (κ3) is 4.89. The van der Waals surface area contributed by atoms with Crippen molar-refractivity contribution in [1.82, 2.24) is 9.05 Å². The van der Waals surface area contributed by atoms with E-state index in [1.54, 1.807) is 0 Å². The van der Waals surface area contributed by atoms with Crippen LogP contribution >= 0.6 is 0 Å². The van der Waals surface area contributed by atoms with E-state index in [0.29, 0.717) is 0 Å². The number of hydrogen-bond donors (Lipinski definition) is 0. The minimum Gasteiger partial charge on any atom is -0.375 e. The maximum atomic E-state index is 2.67. The van der Waals surface area contributed by atoms with Gasteiger partial charge < -0.3 is 13.9 Å². The minimum atomic E-state index is -0.0255. The molecule has 296 valence electrons. The second kappa shape index (κ2) is 12.3. The van der Waals surface area contributed by atoms with E-state index in [4.69, 9.17) is 0 Å². The lowest BCUT2D eigenvalue weighted by atomic mass is 9.45. The van der Waals surface area contributed by atoms with Gasteiger partial charge in [0.05, 0.1) is 11.0 Å². The summed E-state index contributed by atoms with van der Waals surface area (Å²) in [5.41, 5.74) is 17.9. The summed E-state index contributed by atoms with van der Waals surface area (Å²) >= 11 is 0. The quantitative estimate of drug-likeness (QED) is 0.125. The lowest BCUT2D eigenvalue weighted by Crippen LogP contribution is -2.56. The standard InChI is InChI=1S/C58H46BN3/c1-57(2,3)39-32-40(58(4,5)6)34-42(33-39)61-53-24-14-18-46-48-20-13-19-47-45-17-9-12-23-52(45)62(56(47)48)59(55(46)53)49-30-37-28-36-29-41(26-25-35(36)27-38(37)31-54(49)61)60-50-21-10-7-15-43(50)44-16-8-11-22-51(44)60/h7-34H,1-6H3. The fraction of sp³-hybridized carbons (Fsp3) is 0.138. The van der Waals surface area contributed by atoms with Gasteiger partial charge in [0.2, 0.25) is 0 Å². The van der Waals surface area contributed by atoms with Crippen molar-refractivity contribution in [2.75, 3.05) is 4.90 Å². The molecule has 3 nitrogen and oxygen atoms in total. The van der Waals surface area contributed by atoms with Gasteiger partial charge in [0.15, 0.2) is 0 Å². The van der Waals surface area contributed by atoms with Gasteiger partial charge in [-0.1, -0.05) is 145 Å². The van der Waals surface area contributed by atoms with Crippen molar-refractivity contribution < 1.29 is 0 Å². The first-order chi connectivity index (χ1) is 30.0. The van der Waals surface area contributed by atoms with Crippen molar-refractivity contribution in [2.45, 2.75) is 52.4 Å². The number of para-hydroxylation sites is 4. The van der Waals surface area contributed by atoms with Crippen LogP contribution in [0.5, 0.6) is 0 Å². The number of fused-ring (bicyclic) bond motifs is 12. The van der Waals surface area contributed by atoms with Crippen molar-refractivity contribution >= 4 is 100.0 Å². The lowest BCUT2D eigenvalue weighted by molar-refractivity contribution is 0.569. The molecule has 11 aromatic rings. The van der Waals surface area contributed by atoms with Crippen LogP contribution in [-0.4, -0.2) is 15.9 Å². The van der Waals surface area contributed by atoms with Gasteiger partial charge in [-0.05, 0) is 127 Å². The van der Waals surface area contributed by atoms with E-state index in [0.717, 1.165) is 0 Å². The van der Waals surface area contributed by atoms with E-state index >= 15 is 0 Å². The Morgan fingerprint density at radius 2 is 0.968 bits per heavy atom. The molecular formula is C58H46BN3. The van der Waals surface area contributed by atoms with Crippen molar-refractivity contribution in [3.05, 3.63) is 181 Å². The summed E-state index contributed by atoms with van der Waals surface area (Å²) < 4.78 is 5.10. The van der Waals surface area contributed by atoms with Gasteiger partial charge in [0, 0.05) is 60.9 Å². The molecular weight excluding hydrogens is 749 g/mol. The van der Waals surface area contributed by atoms with Gasteiger partial charge in [0.25, 0.3) is 0 Å². The van der Waals surface area contributed by atoms with Crippen LogP contribution in [0.1, 0.15) is 52.7 Å². The number of rotatable bonds is 2. The predicted octanol–water partition coefficient (Wildman–Crippen LogP) is 14.2. The van der Waals surface area contributed by atoms with Gasteiger partial charge >= 0.3 is 6.85 Å². The average Bonchev–Trinajstić information content (AvgIpc) is 3.79. The summed E-state index contributed by atoms with van der Waals surface area (Å²) in [7, 11) is 0. The Bertz CT molecular complexity index is 3650. The Morgan fingerprint density at radius 3 is 1.66 bits per heavy atom. The van der Waals surface area contributed by atoms with Crippen LogP contribution < -0.4 is 15.8 Å². The summed E-state index contributed by atoms with van der Waals surface area (Å²) in [6.45, 7) is 14.0. The second-order valence-electron chi connectivity index (χ2n) is 19.8. The molecule has 0 amide bonds. The number of hydrogen-bond acceptors (Lipinski definition) is 1. The molecule has 0 fully saturated rings. The fourth-order valence-corrected chi connectivity index (χ4v) is 11.0. The number of benzene rings is 9. The monoisotopic (exact) mass is 795 g/mol. The number of anilines is 3. The van der Waals surface area contributed by atoms with Crippen LogP contribution in [0.4, 0.5) is 17.1 Å². The summed E-state index contributed by atoms with van der Waals surface area (Å²) in [5.74, 6) is 0. The first-order valence-corrected chi connectivity index (χ1v) is 22.1. The molecule has 0 N–H and O–H groups in total. The van der Waals surface area contributed by atoms with Gasteiger partial charge in [-0.3, -0.25) is 0 Å². The van der Waals surface area contributed by atoms with E-state index in [1.165, 1.54) is 121 Å². The van der Waals surface area contributed by atoms with Gasteiger partial charge in [0.1, 0.15) is 0 Å². The highest BCUT2D eigenvalue weighted by molar-refractivity contribution is 6.90. The molecule has 0 unspecified atom stereocenters. The van der Waals surface area contributed by atoms with E-state index in [9.17, 15) is 0 Å². The molecule has 4 heterocycles. The molecule has 0 saturated carbocycles. The topological polar surface area (TPSA) is 13.1 Å². The van der Waals surface area contributed by atoms with Crippen LogP contribution in [-0.2, 0) is 10.8 Å². The summed E-state index contributed by atoms with van der Waals surface area (Å²) in [6, 6.07) is 64.7. The van der Waals surface area contributed by atoms with Crippen molar-refractivity contribution in [3.8, 4) is 16.8 Å². The van der Waals surface area contributed by atoms with Crippen molar-refractivity contribution in [2.24, 2.45) is 0 Å². The SMILES string of the molecule is CC(C)(C)c1cc(N2c3cc4cc5ccc(-n6c7ccccc7c7ccccc76)cc5cc4cc3B3c4c(cccc42)-c2cccc4c5ccccc5n3c24)cc(C(C)(C)C)c1. The molecule has 2 aliphatic rings. The third-order valence-electron chi connectivity index (χ3n) is 14.1. The Balaban J connectivity index is 1.11. The van der Waals surface area contributed by atoms with E-state index in [1.807, 2.05) is 0 Å². The Hall–Kier alpha value is -7.04. The molecule has 13 rings (SSSR count). The van der Waals surface area contributed by atoms with Crippen LogP contribution in [0, 0.1) is 0 Å². The fourth-order valence-electron chi connectivity index (χ4n) is 11.0. The summed E-state index contributed by atoms with van der Waals surface area (Å²) in [6.07, 6.45) is 0. The molecule has 0 aliphatic carbocycles. The number of aromatic nitrogens is 2. The molecule has 2 aliphatic heterocycles. The third-order valence-corrected chi connectivity index (χ3v) is 14.1. The lowest BCUT2D eigenvalue weighted by Gasteiger charge is -2.41. The van der Waals surface area contributed by atoms with Crippen LogP contribution in [0.15, 0.2) is 170 Å². The average molecular weight is 796 g/mol. The van der Waals surface area contributed by atoms with Crippen LogP contribution in [0.3, 0.4) is 0 Å². The predicted molar refractivity (Wildman–Crippen MR) is 267 cm³/mol. The first-order valence-electron chi connectivity index (χ1n) is 22.1. The van der Waals surface area contributed by atoms with Crippen molar-refractivity contribution in [1.29, 1.82) is 0 Å². The van der Waals surface area contributed by atoms with Crippen LogP contribution in [0.2, 0.25) is 0 Å². The highest BCUT2D eigenvalue weighted by Crippen LogP contribution is 2.47. The van der Waals surface area contributed by atoms with Crippen LogP contribution in [0.25, 0.3) is 82.0 Å². The molecule has 0 atom stereocenters. The number of nitrogens with zero attached hydrogens (tertiary/aromatic N) is 3. The van der Waals surface area contributed by atoms with Gasteiger partial charge in [-0.15, -0.1) is 0 Å². The van der Waals surface area contributed by atoms with E-state index < -0.39 is 0 Å². The molecule has 0 radical (unpaired) electrons. The molecule has 4 heteroatoms. The molecule has 0 spiro atoms. The van der Waals surface area contributed by atoms with Gasteiger partial charge in [-0.25, -0.2) is 0 Å². The van der Waals surface area contributed by atoms with Gasteiger partial charge in [-0.2, -0.15) is 0 Å². The largest absolute Gasteiger partial charge is 0.375 e. The Kier molecular flexibility index (Phi) is 7.08. The molecule has 0 bridgehead atoms. The maximum absolute atomic E-state index is 2.67. The molecule has 2 aromatic heterocycles. The zero-order valence-corrected chi connectivity index (χ0v) is 36.1. The normalized spacial score (nSPS) is 13.6. The summed E-state index contributed by atoms with van der Waals surface area (Å²) in [4.78, 5) is 2.60. The van der Waals surface area contributed by atoms with E-state index in [2.05, 4.69) is 225 Å². The maximum Gasteiger partial charge on any atom is 0.333 e. The molecule has 9 aromatic carbocycles. The van der Waals surface area contributed by atoms with E-state index in [-0.39, 0.29) is 17.7 Å². The molecule has 0 saturated heterocycles. The Labute approximate surface area is 362 Å². The Morgan fingerprint density at radius 1 is 0.403 bits per heavy atom. The first kappa shape index (κ1) is 35.7. The zero-order valence-electron chi connectivity index (χ0n) is 36.1. The highest BCUT2D eigenvalue weighted by atomic mass is 15.2. The smallest absolute Gasteiger partial charge is 0.333 e. The minimum absolute atomic E-state index is 0.0123. The van der Waals surface area contributed by atoms with Crippen molar-refractivity contribution in [3.63, 3.8) is 0 Å².